The predicted molar refractivity (Wildman–Crippen MR) is 71.9 cm³/mol. The SMILES string of the molecule is N[C@@H]1CC[C@@H](n2cnc3ccc(Cl)cc3c2=O)C1. The van der Waals surface area contributed by atoms with Crippen molar-refractivity contribution in [1.29, 1.82) is 0 Å². The first-order valence-corrected chi connectivity index (χ1v) is 6.45. The number of halogens is 1. The highest BCUT2D eigenvalue weighted by Gasteiger charge is 2.24. The molecule has 2 atom stereocenters. The molecule has 1 saturated carbocycles. The highest BCUT2D eigenvalue weighted by Crippen LogP contribution is 2.27. The Kier molecular flexibility index (Phi) is 2.84. The van der Waals surface area contributed by atoms with Crippen molar-refractivity contribution < 1.29 is 0 Å². The molecule has 18 heavy (non-hydrogen) atoms. The monoisotopic (exact) mass is 263 g/mol. The van der Waals surface area contributed by atoms with E-state index in [9.17, 15) is 4.79 Å². The zero-order chi connectivity index (χ0) is 12.7. The molecule has 0 aliphatic heterocycles. The molecule has 0 amide bonds. The summed E-state index contributed by atoms with van der Waals surface area (Å²) in [5, 5.41) is 1.13. The lowest BCUT2D eigenvalue weighted by atomic mass is 10.2. The molecular formula is C13H14ClN3O. The van der Waals surface area contributed by atoms with Crippen molar-refractivity contribution in [1.82, 2.24) is 9.55 Å². The Balaban J connectivity index is 2.14. The first-order valence-electron chi connectivity index (χ1n) is 6.07. The Bertz CT molecular complexity index is 652. The largest absolute Gasteiger partial charge is 0.328 e. The maximum Gasteiger partial charge on any atom is 0.261 e. The summed E-state index contributed by atoms with van der Waals surface area (Å²) in [6.07, 6.45) is 4.37. The van der Waals surface area contributed by atoms with Gasteiger partial charge in [0.05, 0.1) is 17.2 Å². The fourth-order valence-electron chi connectivity index (χ4n) is 2.61. The van der Waals surface area contributed by atoms with E-state index in [1.54, 1.807) is 29.1 Å². The van der Waals surface area contributed by atoms with Gasteiger partial charge in [-0.1, -0.05) is 11.6 Å². The fourth-order valence-corrected chi connectivity index (χ4v) is 2.78. The van der Waals surface area contributed by atoms with Crippen LogP contribution < -0.4 is 11.3 Å². The summed E-state index contributed by atoms with van der Waals surface area (Å²) in [6.45, 7) is 0. The van der Waals surface area contributed by atoms with Gasteiger partial charge in [-0.3, -0.25) is 9.36 Å². The van der Waals surface area contributed by atoms with Crippen molar-refractivity contribution in [3.05, 3.63) is 39.9 Å². The number of benzene rings is 1. The van der Waals surface area contributed by atoms with E-state index in [-0.39, 0.29) is 17.6 Å². The standard InChI is InChI=1S/C13H14ClN3O/c14-8-1-4-12-11(5-8)13(18)17(7-16-12)10-3-2-9(15)6-10/h1,4-5,7,9-10H,2-3,6,15H2/t9-,10-/m1/s1. The van der Waals surface area contributed by atoms with Crippen molar-refractivity contribution in [3.8, 4) is 0 Å². The van der Waals surface area contributed by atoms with Crippen LogP contribution in [-0.4, -0.2) is 15.6 Å². The Morgan fingerprint density at radius 1 is 1.39 bits per heavy atom. The minimum absolute atomic E-state index is 0.0263. The molecule has 1 fully saturated rings. The predicted octanol–water partition coefficient (Wildman–Crippen LogP) is 2.10. The third-order valence-electron chi connectivity index (χ3n) is 3.58. The summed E-state index contributed by atoms with van der Waals surface area (Å²) in [6, 6.07) is 5.55. The highest BCUT2D eigenvalue weighted by molar-refractivity contribution is 6.31. The summed E-state index contributed by atoms with van der Waals surface area (Å²) >= 11 is 5.93. The van der Waals surface area contributed by atoms with Crippen LogP contribution in [0.2, 0.25) is 5.02 Å². The number of hydrogen-bond donors (Lipinski definition) is 1. The van der Waals surface area contributed by atoms with Crippen molar-refractivity contribution in [3.63, 3.8) is 0 Å². The van der Waals surface area contributed by atoms with E-state index in [1.807, 2.05) is 0 Å². The van der Waals surface area contributed by atoms with Crippen LogP contribution in [0.15, 0.2) is 29.3 Å². The number of rotatable bonds is 1. The second-order valence-electron chi connectivity index (χ2n) is 4.85. The molecule has 1 aliphatic carbocycles. The van der Waals surface area contributed by atoms with Crippen molar-refractivity contribution in [2.24, 2.45) is 5.73 Å². The number of nitrogens with zero attached hydrogens (tertiary/aromatic N) is 2. The molecular weight excluding hydrogens is 250 g/mol. The molecule has 0 spiro atoms. The molecule has 2 N–H and O–H groups in total. The molecule has 0 radical (unpaired) electrons. The summed E-state index contributed by atoms with van der Waals surface area (Å²) in [4.78, 5) is 16.7. The van der Waals surface area contributed by atoms with E-state index in [4.69, 9.17) is 17.3 Å². The highest BCUT2D eigenvalue weighted by atomic mass is 35.5. The molecule has 1 aliphatic rings. The lowest BCUT2D eigenvalue weighted by Crippen LogP contribution is -2.25. The minimum Gasteiger partial charge on any atom is -0.328 e. The summed E-state index contributed by atoms with van der Waals surface area (Å²) in [5.74, 6) is 0. The third kappa shape index (κ3) is 1.91. The van der Waals surface area contributed by atoms with Crippen LogP contribution in [0.4, 0.5) is 0 Å². The van der Waals surface area contributed by atoms with E-state index in [1.165, 1.54) is 0 Å². The summed E-state index contributed by atoms with van der Waals surface area (Å²) in [5.41, 5.74) is 6.55. The second-order valence-corrected chi connectivity index (χ2v) is 5.28. The van der Waals surface area contributed by atoms with Crippen LogP contribution in [-0.2, 0) is 0 Å². The molecule has 3 rings (SSSR count). The average Bonchev–Trinajstić information content (AvgIpc) is 2.77. The van der Waals surface area contributed by atoms with Gasteiger partial charge in [-0.15, -0.1) is 0 Å². The van der Waals surface area contributed by atoms with Crippen LogP contribution in [0.5, 0.6) is 0 Å². The van der Waals surface area contributed by atoms with Crippen LogP contribution in [0.25, 0.3) is 10.9 Å². The van der Waals surface area contributed by atoms with E-state index < -0.39 is 0 Å². The maximum atomic E-state index is 12.4. The first kappa shape index (κ1) is 11.7. The quantitative estimate of drug-likeness (QED) is 0.857. The molecule has 0 saturated heterocycles. The van der Waals surface area contributed by atoms with E-state index in [0.29, 0.717) is 15.9 Å². The van der Waals surface area contributed by atoms with Gasteiger partial charge < -0.3 is 5.73 Å². The van der Waals surface area contributed by atoms with Crippen molar-refractivity contribution >= 4 is 22.5 Å². The lowest BCUT2D eigenvalue weighted by Gasteiger charge is -2.13. The van der Waals surface area contributed by atoms with E-state index >= 15 is 0 Å². The smallest absolute Gasteiger partial charge is 0.261 e. The van der Waals surface area contributed by atoms with Gasteiger partial charge in [0.1, 0.15) is 0 Å². The summed E-state index contributed by atoms with van der Waals surface area (Å²) in [7, 11) is 0. The topological polar surface area (TPSA) is 60.9 Å². The Morgan fingerprint density at radius 3 is 2.94 bits per heavy atom. The normalized spacial score (nSPS) is 23.7. The Labute approximate surface area is 109 Å². The second kappa shape index (κ2) is 4.37. The third-order valence-corrected chi connectivity index (χ3v) is 3.82. The van der Waals surface area contributed by atoms with Gasteiger partial charge in [0.2, 0.25) is 0 Å². The van der Waals surface area contributed by atoms with E-state index in [0.717, 1.165) is 19.3 Å². The molecule has 94 valence electrons. The summed E-state index contributed by atoms with van der Waals surface area (Å²) < 4.78 is 1.70. The van der Waals surface area contributed by atoms with E-state index in [2.05, 4.69) is 4.98 Å². The van der Waals surface area contributed by atoms with Gasteiger partial charge in [-0.2, -0.15) is 0 Å². The Hall–Kier alpha value is -1.39. The number of fused-ring (bicyclic) bond motifs is 1. The van der Waals surface area contributed by atoms with Gasteiger partial charge >= 0.3 is 0 Å². The molecule has 1 aromatic heterocycles. The Morgan fingerprint density at radius 2 is 2.22 bits per heavy atom. The average molecular weight is 264 g/mol. The maximum absolute atomic E-state index is 12.4. The zero-order valence-electron chi connectivity index (χ0n) is 9.84. The molecule has 4 nitrogen and oxygen atoms in total. The lowest BCUT2D eigenvalue weighted by molar-refractivity contribution is 0.491. The van der Waals surface area contributed by atoms with Crippen molar-refractivity contribution in [2.75, 3.05) is 0 Å². The van der Waals surface area contributed by atoms with Gasteiger partial charge in [-0.05, 0) is 37.5 Å². The van der Waals surface area contributed by atoms with Crippen molar-refractivity contribution in [2.45, 2.75) is 31.3 Å². The van der Waals surface area contributed by atoms with Crippen LogP contribution in [0.3, 0.4) is 0 Å². The molecule has 5 heteroatoms. The number of aromatic nitrogens is 2. The van der Waals surface area contributed by atoms with Gasteiger partial charge in [0.25, 0.3) is 5.56 Å². The zero-order valence-corrected chi connectivity index (χ0v) is 10.6. The molecule has 0 unspecified atom stereocenters. The molecule has 1 heterocycles. The molecule has 0 bridgehead atoms. The van der Waals surface area contributed by atoms with Crippen LogP contribution in [0, 0.1) is 0 Å². The minimum atomic E-state index is -0.0263. The molecule has 2 aromatic rings. The molecule has 1 aromatic carbocycles. The van der Waals surface area contributed by atoms with Gasteiger partial charge in [0.15, 0.2) is 0 Å². The van der Waals surface area contributed by atoms with Crippen LogP contribution >= 0.6 is 11.6 Å². The number of hydrogen-bond acceptors (Lipinski definition) is 3. The number of nitrogens with two attached hydrogens (primary N) is 1. The van der Waals surface area contributed by atoms with Gasteiger partial charge in [0, 0.05) is 17.1 Å². The van der Waals surface area contributed by atoms with Gasteiger partial charge in [-0.25, -0.2) is 4.98 Å². The first-order chi connectivity index (χ1) is 8.65. The van der Waals surface area contributed by atoms with Crippen LogP contribution in [0.1, 0.15) is 25.3 Å². The fraction of sp³-hybridized carbons (Fsp3) is 0.385.